The number of fused-ring (bicyclic) bond motifs is 1. The van der Waals surface area contributed by atoms with E-state index in [1.54, 1.807) is 6.07 Å². The number of imidazole rings is 1. The van der Waals surface area contributed by atoms with E-state index in [0.29, 0.717) is 11.5 Å². The van der Waals surface area contributed by atoms with Crippen molar-refractivity contribution in [1.82, 2.24) is 9.97 Å². The maximum absolute atomic E-state index is 10.7. The van der Waals surface area contributed by atoms with Crippen LogP contribution in [0.5, 0.6) is 0 Å². The number of hydrogen-bond donors (Lipinski definition) is 2. The van der Waals surface area contributed by atoms with Crippen molar-refractivity contribution in [1.29, 1.82) is 0 Å². The van der Waals surface area contributed by atoms with Crippen LogP contribution < -0.4 is 5.32 Å². The van der Waals surface area contributed by atoms with Gasteiger partial charge in [-0.15, -0.1) is 0 Å². The van der Waals surface area contributed by atoms with Gasteiger partial charge < -0.3 is 10.3 Å². The number of nitrogens with zero attached hydrogens (tertiary/aromatic N) is 2. The molecule has 1 aromatic carbocycles. The van der Waals surface area contributed by atoms with Crippen LogP contribution in [0.1, 0.15) is 27.2 Å². The molecule has 6 heteroatoms. The van der Waals surface area contributed by atoms with Crippen LogP contribution in [0, 0.1) is 15.5 Å². The van der Waals surface area contributed by atoms with Gasteiger partial charge in [-0.3, -0.25) is 10.1 Å². The molecule has 0 aliphatic rings. The average molecular weight is 262 g/mol. The molecule has 0 unspecified atom stereocenters. The number of anilines is 1. The fourth-order valence-electron chi connectivity index (χ4n) is 1.64. The van der Waals surface area contributed by atoms with Crippen LogP contribution in [-0.2, 0) is 0 Å². The van der Waals surface area contributed by atoms with Gasteiger partial charge in [0.05, 0.1) is 16.0 Å². The minimum atomic E-state index is -0.409. The van der Waals surface area contributed by atoms with E-state index in [2.05, 4.69) is 36.1 Å². The van der Waals surface area contributed by atoms with Gasteiger partial charge in [0.25, 0.3) is 5.69 Å². The van der Waals surface area contributed by atoms with E-state index >= 15 is 0 Å². The fraction of sp³-hybridized carbons (Fsp3) is 0.462. The molecule has 0 aliphatic heterocycles. The number of benzene rings is 1. The minimum Gasteiger partial charge on any atom is -0.355 e. The standard InChI is InChI=1S/C13H18N4O2/c1-4-13(2,3)8-14-12-15-10-6-5-9(17(18)19)7-11(10)16-12/h5-7H,4,8H2,1-3H3,(H2,14,15,16). The van der Waals surface area contributed by atoms with Gasteiger partial charge in [0.15, 0.2) is 0 Å². The molecule has 1 aromatic heterocycles. The van der Waals surface area contributed by atoms with Crippen LogP contribution in [0.2, 0.25) is 0 Å². The highest BCUT2D eigenvalue weighted by molar-refractivity contribution is 5.79. The van der Waals surface area contributed by atoms with Gasteiger partial charge in [-0.05, 0) is 17.9 Å². The molecule has 0 amide bonds. The quantitative estimate of drug-likeness (QED) is 0.639. The summed E-state index contributed by atoms with van der Waals surface area (Å²) in [4.78, 5) is 17.7. The monoisotopic (exact) mass is 262 g/mol. The first kappa shape index (κ1) is 13.3. The lowest BCUT2D eigenvalue weighted by Gasteiger charge is -2.22. The summed E-state index contributed by atoms with van der Waals surface area (Å²) in [6, 6.07) is 4.61. The second-order valence-corrected chi connectivity index (χ2v) is 5.42. The second-order valence-electron chi connectivity index (χ2n) is 5.42. The number of nitro groups is 1. The van der Waals surface area contributed by atoms with Crippen molar-refractivity contribution in [2.75, 3.05) is 11.9 Å². The normalized spacial score (nSPS) is 11.7. The maximum atomic E-state index is 10.7. The topological polar surface area (TPSA) is 83.8 Å². The Kier molecular flexibility index (Phi) is 3.42. The molecule has 2 N–H and O–H groups in total. The molecule has 0 bridgehead atoms. The van der Waals surface area contributed by atoms with Gasteiger partial charge in [-0.1, -0.05) is 20.8 Å². The number of hydrogen-bond acceptors (Lipinski definition) is 4. The number of rotatable bonds is 5. The van der Waals surface area contributed by atoms with Crippen LogP contribution in [0.4, 0.5) is 11.6 Å². The Balaban J connectivity index is 2.20. The zero-order valence-corrected chi connectivity index (χ0v) is 11.4. The molecule has 0 aliphatic carbocycles. The van der Waals surface area contributed by atoms with E-state index in [4.69, 9.17) is 0 Å². The lowest BCUT2D eigenvalue weighted by Crippen LogP contribution is -2.22. The first-order valence-electron chi connectivity index (χ1n) is 6.29. The van der Waals surface area contributed by atoms with Crippen molar-refractivity contribution < 1.29 is 4.92 Å². The summed E-state index contributed by atoms with van der Waals surface area (Å²) in [6.45, 7) is 7.29. The molecule has 0 saturated heterocycles. The number of aromatic nitrogens is 2. The molecule has 1 heterocycles. The molecule has 6 nitrogen and oxygen atoms in total. The van der Waals surface area contributed by atoms with Gasteiger partial charge in [0.1, 0.15) is 0 Å². The molecule has 0 atom stereocenters. The first-order valence-corrected chi connectivity index (χ1v) is 6.29. The van der Waals surface area contributed by atoms with Crippen LogP contribution >= 0.6 is 0 Å². The molecule has 19 heavy (non-hydrogen) atoms. The minimum absolute atomic E-state index is 0.0663. The Morgan fingerprint density at radius 3 is 2.84 bits per heavy atom. The van der Waals surface area contributed by atoms with Crippen molar-refractivity contribution >= 4 is 22.7 Å². The van der Waals surface area contributed by atoms with Crippen molar-refractivity contribution in [3.8, 4) is 0 Å². The predicted molar refractivity (Wildman–Crippen MR) is 75.3 cm³/mol. The Morgan fingerprint density at radius 2 is 2.21 bits per heavy atom. The fourth-order valence-corrected chi connectivity index (χ4v) is 1.64. The summed E-state index contributed by atoms with van der Waals surface area (Å²) < 4.78 is 0. The molecule has 0 fully saturated rings. The number of aromatic amines is 1. The predicted octanol–water partition coefficient (Wildman–Crippen LogP) is 3.32. The van der Waals surface area contributed by atoms with Crippen molar-refractivity contribution in [2.24, 2.45) is 5.41 Å². The third-order valence-electron chi connectivity index (χ3n) is 3.37. The summed E-state index contributed by atoms with van der Waals surface area (Å²) in [5.41, 5.74) is 1.65. The first-order chi connectivity index (χ1) is 8.91. The third-order valence-corrected chi connectivity index (χ3v) is 3.37. The molecule has 102 valence electrons. The lowest BCUT2D eigenvalue weighted by molar-refractivity contribution is -0.384. The van der Waals surface area contributed by atoms with E-state index in [1.165, 1.54) is 12.1 Å². The second kappa shape index (κ2) is 4.87. The Morgan fingerprint density at radius 1 is 1.47 bits per heavy atom. The van der Waals surface area contributed by atoms with Crippen LogP contribution in [0.25, 0.3) is 11.0 Å². The Labute approximate surface area is 111 Å². The van der Waals surface area contributed by atoms with Gasteiger partial charge >= 0.3 is 0 Å². The molecule has 0 spiro atoms. The van der Waals surface area contributed by atoms with Crippen LogP contribution in [0.15, 0.2) is 18.2 Å². The summed E-state index contributed by atoms with van der Waals surface area (Å²) in [7, 11) is 0. The summed E-state index contributed by atoms with van der Waals surface area (Å²) in [5, 5.41) is 13.9. The largest absolute Gasteiger partial charge is 0.355 e. The smallest absolute Gasteiger partial charge is 0.271 e. The summed E-state index contributed by atoms with van der Waals surface area (Å²) in [5.74, 6) is 0.650. The van der Waals surface area contributed by atoms with Gasteiger partial charge in [-0.25, -0.2) is 4.98 Å². The van der Waals surface area contributed by atoms with E-state index in [9.17, 15) is 10.1 Å². The number of nitrogens with one attached hydrogen (secondary N) is 2. The van der Waals surface area contributed by atoms with E-state index < -0.39 is 4.92 Å². The maximum Gasteiger partial charge on any atom is 0.271 e. The zero-order chi connectivity index (χ0) is 14.0. The van der Waals surface area contributed by atoms with Gasteiger partial charge in [0.2, 0.25) is 5.95 Å². The summed E-state index contributed by atoms with van der Waals surface area (Å²) >= 11 is 0. The molecule has 0 saturated carbocycles. The number of H-pyrrole nitrogens is 1. The van der Waals surface area contributed by atoms with Crippen molar-refractivity contribution in [3.63, 3.8) is 0 Å². The number of nitro benzene ring substituents is 1. The zero-order valence-electron chi connectivity index (χ0n) is 11.4. The van der Waals surface area contributed by atoms with Crippen LogP contribution in [-0.4, -0.2) is 21.4 Å². The lowest BCUT2D eigenvalue weighted by atomic mass is 9.90. The molecule has 0 radical (unpaired) electrons. The number of non-ortho nitro benzene ring substituents is 1. The van der Waals surface area contributed by atoms with Crippen molar-refractivity contribution in [3.05, 3.63) is 28.3 Å². The van der Waals surface area contributed by atoms with E-state index in [-0.39, 0.29) is 11.1 Å². The van der Waals surface area contributed by atoms with Gasteiger partial charge in [-0.2, -0.15) is 0 Å². The van der Waals surface area contributed by atoms with Gasteiger partial charge in [0, 0.05) is 18.7 Å². The SMILES string of the molecule is CCC(C)(C)CNc1nc2ccc([N+](=O)[O-])cc2[nH]1. The highest BCUT2D eigenvalue weighted by Gasteiger charge is 2.16. The molecular weight excluding hydrogens is 244 g/mol. The molecule has 2 aromatic rings. The molecule has 2 rings (SSSR count). The van der Waals surface area contributed by atoms with E-state index in [1.807, 2.05) is 0 Å². The van der Waals surface area contributed by atoms with E-state index in [0.717, 1.165) is 18.5 Å². The molecular formula is C13H18N4O2. The highest BCUT2D eigenvalue weighted by Crippen LogP contribution is 2.23. The average Bonchev–Trinajstić information content (AvgIpc) is 2.78. The Hall–Kier alpha value is -2.11. The third kappa shape index (κ3) is 3.01. The highest BCUT2D eigenvalue weighted by atomic mass is 16.6. The Bertz CT molecular complexity index is 604. The van der Waals surface area contributed by atoms with Crippen molar-refractivity contribution in [2.45, 2.75) is 27.2 Å². The summed E-state index contributed by atoms with van der Waals surface area (Å²) in [6.07, 6.45) is 1.06. The van der Waals surface area contributed by atoms with Crippen LogP contribution in [0.3, 0.4) is 0 Å².